The highest BCUT2D eigenvalue weighted by molar-refractivity contribution is 9.10. The van der Waals surface area contributed by atoms with Crippen LogP contribution in [0.3, 0.4) is 0 Å². The van der Waals surface area contributed by atoms with Crippen LogP contribution < -0.4 is 11.0 Å². The Balaban J connectivity index is 2.89. The van der Waals surface area contributed by atoms with Crippen LogP contribution in [0.1, 0.15) is 0 Å². The first-order valence-corrected chi connectivity index (χ1v) is 3.55. The average molecular weight is 213 g/mol. The van der Waals surface area contributed by atoms with Crippen LogP contribution >= 0.6 is 15.9 Å². The fourth-order valence-corrected chi connectivity index (χ4v) is 0.983. The van der Waals surface area contributed by atoms with Crippen molar-refractivity contribution in [3.63, 3.8) is 0 Å². The van der Waals surface area contributed by atoms with Crippen LogP contribution in [0.5, 0.6) is 0 Å². The Morgan fingerprint density at radius 3 is 2.82 bits per heavy atom. The summed E-state index contributed by atoms with van der Waals surface area (Å²) in [5, 5.41) is 0. The van der Waals surface area contributed by atoms with Gasteiger partial charge in [-0.15, -0.1) is 0 Å². The number of amides is 2. The molecule has 0 atom stereocenters. The zero-order chi connectivity index (χ0) is 7.84. The van der Waals surface area contributed by atoms with Crippen LogP contribution in [0.25, 0.3) is 0 Å². The summed E-state index contributed by atoms with van der Waals surface area (Å²) in [5.74, 6) is 0. The molecule has 0 radical (unpaired) electrons. The molecule has 0 unspecified atom stereocenters. The Morgan fingerprint density at radius 1 is 1.27 bits per heavy atom. The molecule has 0 aromatic carbocycles. The van der Waals surface area contributed by atoms with Crippen LogP contribution in [-0.2, 0) is 0 Å². The van der Waals surface area contributed by atoms with E-state index in [4.69, 9.17) is 0 Å². The van der Waals surface area contributed by atoms with Gasteiger partial charge >= 0.3 is 6.03 Å². The molecule has 0 N–H and O–H groups in total. The topological polar surface area (TPSA) is 67.6 Å². The van der Waals surface area contributed by atoms with Gasteiger partial charge in [-0.05, 0) is 15.9 Å². The van der Waals surface area contributed by atoms with E-state index in [1.54, 1.807) is 0 Å². The average Bonchev–Trinajstić information content (AvgIpc) is 2.27. The largest absolute Gasteiger partial charge is 0.371 e. The second-order valence-corrected chi connectivity index (χ2v) is 2.66. The molecule has 5 nitrogen and oxygen atoms in total. The number of nitrogens with zero attached hydrogens (tertiary/aromatic N) is 4. The number of carbonyl (C=O) groups is 1. The number of fused-ring (bicyclic) bond motifs is 1. The molecule has 0 saturated carbocycles. The lowest BCUT2D eigenvalue weighted by molar-refractivity contribution is 0.256. The van der Waals surface area contributed by atoms with Gasteiger partial charge in [0.05, 0.1) is 6.20 Å². The number of halogens is 1. The van der Waals surface area contributed by atoms with Crippen molar-refractivity contribution in [2.75, 3.05) is 0 Å². The van der Waals surface area contributed by atoms with E-state index in [0.29, 0.717) is 10.1 Å². The molecule has 0 saturated heterocycles. The quantitative estimate of drug-likeness (QED) is 0.589. The predicted octanol–water partition coefficient (Wildman–Crippen LogP) is -0.388. The molecule has 2 heterocycles. The molecule has 1 aliphatic heterocycles. The lowest BCUT2D eigenvalue weighted by Gasteiger charge is -1.81. The number of aromatic nitrogens is 2. The Morgan fingerprint density at radius 2 is 2.00 bits per heavy atom. The molecule has 2 amide bonds. The summed E-state index contributed by atoms with van der Waals surface area (Å²) in [5.41, 5.74) is 0.572. The van der Waals surface area contributed by atoms with Crippen LogP contribution in [0.4, 0.5) is 4.79 Å². The molecule has 11 heavy (non-hydrogen) atoms. The first-order valence-electron chi connectivity index (χ1n) is 2.76. The van der Waals surface area contributed by atoms with Gasteiger partial charge in [0.2, 0.25) is 11.0 Å². The molecule has 0 aliphatic carbocycles. The Kier molecular flexibility index (Phi) is 1.28. The summed E-state index contributed by atoms with van der Waals surface area (Å²) >= 11 is 3.10. The highest BCUT2D eigenvalue weighted by Crippen LogP contribution is 1.96. The van der Waals surface area contributed by atoms with E-state index < -0.39 is 6.03 Å². The van der Waals surface area contributed by atoms with E-state index in [0.717, 1.165) is 0 Å². The Hall–Kier alpha value is -1.17. The predicted molar refractivity (Wildman–Crippen MR) is 37.4 cm³/mol. The third-order valence-electron chi connectivity index (χ3n) is 1.11. The van der Waals surface area contributed by atoms with Gasteiger partial charge in [0, 0.05) is 0 Å². The second-order valence-electron chi connectivity index (χ2n) is 1.85. The van der Waals surface area contributed by atoms with Crippen LogP contribution in [-0.4, -0.2) is 16.0 Å². The minimum absolute atomic E-state index is 0.282. The molecule has 1 aliphatic rings. The normalized spacial score (nSPS) is 13.7. The zero-order valence-electron chi connectivity index (χ0n) is 5.15. The van der Waals surface area contributed by atoms with Gasteiger partial charge in [0.25, 0.3) is 0 Å². The number of hydrogen-bond donors (Lipinski definition) is 0. The van der Waals surface area contributed by atoms with E-state index >= 15 is 0 Å². The highest BCUT2D eigenvalue weighted by atomic mass is 79.9. The molecular weight excluding hydrogens is 212 g/mol. The Labute approximate surface area is 69.0 Å². The molecular formula is C5HBrN4O. The van der Waals surface area contributed by atoms with E-state index in [-0.39, 0.29) is 5.49 Å². The Bertz CT molecular complexity index is 440. The monoisotopic (exact) mass is 212 g/mol. The van der Waals surface area contributed by atoms with Crippen LogP contribution in [0.2, 0.25) is 0 Å². The molecule has 0 spiro atoms. The minimum Gasteiger partial charge on any atom is -0.244 e. The SMILES string of the molecule is O=C1N=c2ncc(Br)nc2=N1. The summed E-state index contributed by atoms with van der Waals surface area (Å²) < 4.78 is 0.546. The van der Waals surface area contributed by atoms with Gasteiger partial charge < -0.3 is 0 Å². The maximum Gasteiger partial charge on any atom is 0.371 e. The van der Waals surface area contributed by atoms with E-state index in [2.05, 4.69) is 35.9 Å². The van der Waals surface area contributed by atoms with Gasteiger partial charge in [0.1, 0.15) is 4.60 Å². The fourth-order valence-electron chi connectivity index (χ4n) is 0.712. The summed E-state index contributed by atoms with van der Waals surface area (Å²) in [4.78, 5) is 25.3. The summed E-state index contributed by atoms with van der Waals surface area (Å²) in [7, 11) is 0. The molecule has 1 aromatic rings. The summed E-state index contributed by atoms with van der Waals surface area (Å²) in [6.07, 6.45) is 1.47. The standard InChI is InChI=1S/C5HBrN4O/c6-2-1-7-3-4(8-2)10-5(11)9-3/h1H. The molecule has 2 rings (SSSR count). The first-order chi connectivity index (χ1) is 5.25. The maximum atomic E-state index is 10.6. The maximum absolute atomic E-state index is 10.6. The molecule has 54 valence electrons. The second kappa shape index (κ2) is 2.16. The van der Waals surface area contributed by atoms with E-state index in [1.165, 1.54) is 6.20 Å². The van der Waals surface area contributed by atoms with Crippen molar-refractivity contribution in [3.05, 3.63) is 21.8 Å². The third kappa shape index (κ3) is 1.05. The number of urea groups is 1. The van der Waals surface area contributed by atoms with Crippen LogP contribution in [0.15, 0.2) is 20.8 Å². The molecule has 6 heteroatoms. The molecule has 1 aromatic heterocycles. The molecule has 0 fully saturated rings. The van der Waals surface area contributed by atoms with Gasteiger partial charge in [-0.25, -0.2) is 14.8 Å². The third-order valence-corrected chi connectivity index (χ3v) is 1.49. The smallest absolute Gasteiger partial charge is 0.244 e. The number of carbonyl (C=O) groups excluding carboxylic acids is 1. The van der Waals surface area contributed by atoms with Crippen molar-refractivity contribution in [3.8, 4) is 0 Å². The number of hydrogen-bond acceptors (Lipinski definition) is 3. The minimum atomic E-state index is -0.543. The van der Waals surface area contributed by atoms with Gasteiger partial charge in [0.15, 0.2) is 0 Å². The van der Waals surface area contributed by atoms with Gasteiger partial charge in [-0.1, -0.05) is 0 Å². The van der Waals surface area contributed by atoms with Gasteiger partial charge in [-0.2, -0.15) is 9.98 Å². The highest BCUT2D eigenvalue weighted by Gasteiger charge is 2.06. The van der Waals surface area contributed by atoms with Crippen molar-refractivity contribution in [1.29, 1.82) is 0 Å². The van der Waals surface area contributed by atoms with E-state index in [1.807, 2.05) is 0 Å². The summed E-state index contributed by atoms with van der Waals surface area (Å²) in [6.45, 7) is 0. The molecule has 0 bridgehead atoms. The van der Waals surface area contributed by atoms with Crippen molar-refractivity contribution < 1.29 is 4.79 Å². The zero-order valence-corrected chi connectivity index (χ0v) is 6.74. The lowest BCUT2D eigenvalue weighted by atomic mass is 10.7. The van der Waals surface area contributed by atoms with Crippen LogP contribution in [0, 0.1) is 0 Å². The van der Waals surface area contributed by atoms with Crippen molar-refractivity contribution in [2.45, 2.75) is 0 Å². The lowest BCUT2D eigenvalue weighted by Crippen LogP contribution is -2.28. The van der Waals surface area contributed by atoms with Crippen molar-refractivity contribution in [2.24, 2.45) is 9.98 Å². The van der Waals surface area contributed by atoms with Crippen molar-refractivity contribution >= 4 is 22.0 Å². The fraction of sp³-hybridized carbons (Fsp3) is 0. The van der Waals surface area contributed by atoms with E-state index in [9.17, 15) is 4.79 Å². The van der Waals surface area contributed by atoms with Crippen molar-refractivity contribution in [1.82, 2.24) is 9.97 Å². The number of rotatable bonds is 0. The first kappa shape index (κ1) is 6.53. The summed E-state index contributed by atoms with van der Waals surface area (Å²) in [6, 6.07) is -0.543. The van der Waals surface area contributed by atoms with Gasteiger partial charge in [-0.3, -0.25) is 0 Å².